The molecule has 2 N–H and O–H groups in total. The summed E-state index contributed by atoms with van der Waals surface area (Å²) in [4.78, 5) is 7.22. The number of rotatable bonds is 10. The molecule has 0 aromatic carbocycles. The highest BCUT2D eigenvalue weighted by Gasteiger charge is 2.19. The first-order valence-electron chi connectivity index (χ1n) is 10.4. The number of aryl methyl sites for hydroxylation is 1. The van der Waals surface area contributed by atoms with Crippen LogP contribution in [0.3, 0.4) is 0 Å². The molecule has 1 aliphatic heterocycles. The Kier molecular flexibility index (Phi) is 12.6. The topological polar surface area (TPSA) is 79.6 Å². The average molecular weight is 507 g/mol. The summed E-state index contributed by atoms with van der Waals surface area (Å²) in [7, 11) is 0. The van der Waals surface area contributed by atoms with Gasteiger partial charge in [0.15, 0.2) is 5.96 Å². The number of nitrogens with zero attached hydrogens (tertiary/aromatic N) is 5. The van der Waals surface area contributed by atoms with Gasteiger partial charge < -0.3 is 24.8 Å². The lowest BCUT2D eigenvalue weighted by molar-refractivity contribution is 0.0532. The molecule has 0 bridgehead atoms. The van der Waals surface area contributed by atoms with E-state index in [1.54, 1.807) is 6.33 Å². The maximum atomic E-state index is 5.66. The number of aromatic nitrogens is 3. The number of nitrogens with one attached hydrogen (secondary N) is 2. The molecule has 162 valence electrons. The summed E-state index contributed by atoms with van der Waals surface area (Å²) in [6.45, 7) is 14.8. The number of hydrogen-bond acceptors (Lipinski definition) is 5. The highest BCUT2D eigenvalue weighted by atomic mass is 127. The smallest absolute Gasteiger partial charge is 0.191 e. The van der Waals surface area contributed by atoms with E-state index in [0.29, 0.717) is 18.7 Å². The summed E-state index contributed by atoms with van der Waals surface area (Å²) >= 11 is 0. The van der Waals surface area contributed by atoms with Gasteiger partial charge in [-0.25, -0.2) is 0 Å². The molecule has 1 aromatic rings. The predicted octanol–water partition coefficient (Wildman–Crippen LogP) is 1.90. The number of hydrogen-bond donors (Lipinski definition) is 2. The normalized spacial score (nSPS) is 16.2. The number of ether oxygens (including phenoxy) is 1. The van der Waals surface area contributed by atoms with Crippen LogP contribution in [-0.2, 0) is 17.7 Å². The van der Waals surface area contributed by atoms with Gasteiger partial charge in [0.25, 0.3) is 0 Å². The molecule has 0 unspecified atom stereocenters. The van der Waals surface area contributed by atoms with E-state index in [9.17, 15) is 0 Å². The van der Waals surface area contributed by atoms with Gasteiger partial charge in [0, 0.05) is 45.2 Å². The van der Waals surface area contributed by atoms with E-state index in [2.05, 4.69) is 58.0 Å². The molecule has 0 aliphatic carbocycles. The molecule has 8 nitrogen and oxygen atoms in total. The van der Waals surface area contributed by atoms with Crippen LogP contribution in [0.1, 0.15) is 46.4 Å². The zero-order valence-corrected chi connectivity index (χ0v) is 20.2. The van der Waals surface area contributed by atoms with Crippen LogP contribution >= 0.6 is 24.0 Å². The van der Waals surface area contributed by atoms with E-state index in [0.717, 1.165) is 70.4 Å². The molecule has 28 heavy (non-hydrogen) atoms. The minimum Gasteiger partial charge on any atom is -0.377 e. The van der Waals surface area contributed by atoms with Crippen LogP contribution in [0.2, 0.25) is 0 Å². The molecule has 0 saturated carbocycles. The molecule has 1 aromatic heterocycles. The Morgan fingerprint density at radius 3 is 2.68 bits per heavy atom. The highest BCUT2D eigenvalue weighted by molar-refractivity contribution is 14.0. The third kappa shape index (κ3) is 9.04. The molecule has 2 rings (SSSR count). The summed E-state index contributed by atoms with van der Waals surface area (Å²) in [5.74, 6) is 1.92. The molecule has 0 amide bonds. The lowest BCUT2D eigenvalue weighted by Gasteiger charge is -2.33. The molecule has 9 heteroatoms. The van der Waals surface area contributed by atoms with E-state index < -0.39 is 0 Å². The van der Waals surface area contributed by atoms with E-state index in [-0.39, 0.29) is 24.0 Å². The van der Waals surface area contributed by atoms with Crippen LogP contribution in [0.25, 0.3) is 0 Å². The number of guanidine groups is 1. The van der Waals surface area contributed by atoms with Gasteiger partial charge in [-0.1, -0.05) is 6.92 Å². The molecular weight excluding hydrogens is 469 g/mol. The summed E-state index contributed by atoms with van der Waals surface area (Å²) in [6.07, 6.45) is 5.26. The third-order valence-corrected chi connectivity index (χ3v) is 4.75. The van der Waals surface area contributed by atoms with Crippen molar-refractivity contribution in [3.8, 4) is 0 Å². The van der Waals surface area contributed by atoms with Crippen molar-refractivity contribution >= 4 is 29.9 Å². The molecule has 0 radical (unpaired) electrons. The van der Waals surface area contributed by atoms with Crippen molar-refractivity contribution in [1.29, 1.82) is 0 Å². The quantitative estimate of drug-likeness (QED) is 0.286. The van der Waals surface area contributed by atoms with Crippen LogP contribution in [0, 0.1) is 0 Å². The fourth-order valence-corrected chi connectivity index (χ4v) is 3.24. The lowest BCUT2D eigenvalue weighted by atomic mass is 10.1. The predicted molar refractivity (Wildman–Crippen MR) is 124 cm³/mol. The Hall–Kier alpha value is -0.940. The van der Waals surface area contributed by atoms with Gasteiger partial charge in [0.1, 0.15) is 12.2 Å². The fourth-order valence-electron chi connectivity index (χ4n) is 3.24. The maximum Gasteiger partial charge on any atom is 0.191 e. The minimum absolute atomic E-state index is 0. The van der Waals surface area contributed by atoms with E-state index in [1.807, 2.05) is 0 Å². The summed E-state index contributed by atoms with van der Waals surface area (Å²) in [5, 5.41) is 15.1. The number of aliphatic imine (C=N–C) groups is 1. The SMILES string of the molecule is CCNC(=NCCn1cnnc1CC)NC1CCN(CCOC(C)C)CC1.I. The summed E-state index contributed by atoms with van der Waals surface area (Å²) < 4.78 is 7.74. The van der Waals surface area contributed by atoms with Crippen molar-refractivity contribution in [2.45, 2.75) is 65.6 Å². The van der Waals surface area contributed by atoms with Crippen molar-refractivity contribution in [3.63, 3.8) is 0 Å². The standard InChI is InChI=1S/C19H37N7O.HI/c1-5-18-24-22-15-26(18)12-9-21-19(20-6-2)23-17-7-10-25(11-8-17)13-14-27-16(3)4;/h15-17H,5-14H2,1-4H3,(H2,20,21,23);1H. The van der Waals surface area contributed by atoms with Gasteiger partial charge in [-0.3, -0.25) is 4.99 Å². The third-order valence-electron chi connectivity index (χ3n) is 4.75. The molecule has 1 aliphatic rings. The molecule has 1 saturated heterocycles. The second-order valence-electron chi connectivity index (χ2n) is 7.23. The molecule has 0 atom stereocenters. The second-order valence-corrected chi connectivity index (χ2v) is 7.23. The fraction of sp³-hybridized carbons (Fsp3) is 0.842. The second kappa shape index (κ2) is 14.1. The van der Waals surface area contributed by atoms with Gasteiger partial charge in [0.2, 0.25) is 0 Å². The lowest BCUT2D eigenvalue weighted by Crippen LogP contribution is -2.49. The number of halogens is 1. The van der Waals surface area contributed by atoms with Crippen molar-refractivity contribution in [2.24, 2.45) is 4.99 Å². The van der Waals surface area contributed by atoms with Crippen LogP contribution < -0.4 is 10.6 Å². The Balaban J connectivity index is 0.00000392. The number of piperidine rings is 1. The zero-order valence-electron chi connectivity index (χ0n) is 17.9. The van der Waals surface area contributed by atoms with E-state index >= 15 is 0 Å². The highest BCUT2D eigenvalue weighted by Crippen LogP contribution is 2.10. The van der Waals surface area contributed by atoms with Crippen molar-refractivity contribution in [2.75, 3.05) is 39.3 Å². The zero-order chi connectivity index (χ0) is 19.5. The van der Waals surface area contributed by atoms with Crippen LogP contribution in [0.15, 0.2) is 11.3 Å². The first-order chi connectivity index (χ1) is 13.1. The van der Waals surface area contributed by atoms with Crippen molar-refractivity contribution in [1.82, 2.24) is 30.3 Å². The van der Waals surface area contributed by atoms with Crippen molar-refractivity contribution in [3.05, 3.63) is 12.2 Å². The van der Waals surface area contributed by atoms with Gasteiger partial charge in [-0.15, -0.1) is 34.2 Å². The summed E-state index contributed by atoms with van der Waals surface area (Å²) in [5.41, 5.74) is 0. The van der Waals surface area contributed by atoms with Gasteiger partial charge in [-0.05, 0) is 33.6 Å². The first-order valence-corrected chi connectivity index (χ1v) is 10.4. The molecule has 1 fully saturated rings. The average Bonchev–Trinajstić information content (AvgIpc) is 3.10. The maximum absolute atomic E-state index is 5.66. The van der Waals surface area contributed by atoms with Gasteiger partial charge in [-0.2, -0.15) is 0 Å². The van der Waals surface area contributed by atoms with Crippen LogP contribution in [0.5, 0.6) is 0 Å². The largest absolute Gasteiger partial charge is 0.377 e. The Morgan fingerprint density at radius 1 is 1.29 bits per heavy atom. The van der Waals surface area contributed by atoms with Gasteiger partial charge in [0.05, 0.1) is 19.3 Å². The van der Waals surface area contributed by atoms with Crippen LogP contribution in [-0.4, -0.2) is 77.1 Å². The number of likely N-dealkylation sites (tertiary alicyclic amines) is 1. The summed E-state index contributed by atoms with van der Waals surface area (Å²) in [6, 6.07) is 0.478. The molecular formula is C19H38IN7O. The van der Waals surface area contributed by atoms with E-state index in [1.165, 1.54) is 0 Å². The monoisotopic (exact) mass is 507 g/mol. The van der Waals surface area contributed by atoms with E-state index in [4.69, 9.17) is 9.73 Å². The Labute approximate surface area is 186 Å². The first kappa shape index (κ1) is 25.1. The van der Waals surface area contributed by atoms with Crippen LogP contribution in [0.4, 0.5) is 0 Å². The molecule has 2 heterocycles. The Bertz CT molecular complexity index is 556. The Morgan fingerprint density at radius 2 is 2.04 bits per heavy atom. The molecule has 0 spiro atoms. The van der Waals surface area contributed by atoms with Crippen molar-refractivity contribution < 1.29 is 4.74 Å². The van der Waals surface area contributed by atoms with Gasteiger partial charge >= 0.3 is 0 Å². The minimum atomic E-state index is 0.